The van der Waals surface area contributed by atoms with Gasteiger partial charge in [0.2, 0.25) is 0 Å². The van der Waals surface area contributed by atoms with Gasteiger partial charge in [0.15, 0.2) is 0 Å². The van der Waals surface area contributed by atoms with Crippen LogP contribution in [0.25, 0.3) is 11.1 Å². The molecule has 0 nitrogen and oxygen atoms in total. The molecule has 0 saturated heterocycles. The number of hydrogen-bond acceptors (Lipinski definition) is 0. The van der Waals surface area contributed by atoms with Crippen LogP contribution in [-0.4, -0.2) is 11.3 Å². The maximum Gasteiger partial charge on any atom is -1.00 e. The van der Waals surface area contributed by atoms with Crippen molar-refractivity contribution in [1.82, 2.24) is 0 Å². The third-order valence-corrected chi connectivity index (χ3v) is 20.7. The first-order valence-electron chi connectivity index (χ1n) is 15.5. The van der Waals surface area contributed by atoms with Crippen LogP contribution in [0, 0.1) is 5.92 Å². The average molecular weight is 709 g/mol. The molecule has 0 bridgehead atoms. The molecular formula is C39H50Cl2SiZr. The molecule has 0 heterocycles. The van der Waals surface area contributed by atoms with Crippen molar-refractivity contribution in [2.24, 2.45) is 5.92 Å². The smallest absolute Gasteiger partial charge is 1.00 e. The summed E-state index contributed by atoms with van der Waals surface area (Å²) in [5.74, 6) is 0.522. The van der Waals surface area contributed by atoms with E-state index in [1.54, 1.807) is 25.1 Å². The van der Waals surface area contributed by atoms with Gasteiger partial charge in [-0.1, -0.05) is 0 Å². The number of hydrogen-bond donors (Lipinski definition) is 0. The second-order valence-corrected chi connectivity index (χ2v) is 27.3. The summed E-state index contributed by atoms with van der Waals surface area (Å²) in [6.45, 7) is 29.2. The summed E-state index contributed by atoms with van der Waals surface area (Å²) in [7, 11) is -1.46. The minimum absolute atomic E-state index is 0. The van der Waals surface area contributed by atoms with Gasteiger partial charge in [0.1, 0.15) is 0 Å². The molecule has 5 rings (SSSR count). The normalized spacial score (nSPS) is 17.1. The molecule has 0 radical (unpaired) electrons. The number of rotatable bonds is 4. The zero-order valence-corrected chi connectivity index (χ0v) is 33.3. The van der Waals surface area contributed by atoms with E-state index in [0.717, 1.165) is 0 Å². The fourth-order valence-corrected chi connectivity index (χ4v) is 18.9. The van der Waals surface area contributed by atoms with Gasteiger partial charge in [-0.05, 0) is 0 Å². The summed E-state index contributed by atoms with van der Waals surface area (Å²) in [6.07, 6.45) is 2.67. The molecule has 43 heavy (non-hydrogen) atoms. The Kier molecular flexibility index (Phi) is 10.8. The molecule has 3 aromatic rings. The zero-order chi connectivity index (χ0) is 30.1. The molecule has 2 aliphatic carbocycles. The topological polar surface area (TPSA) is 0 Å². The second kappa shape index (κ2) is 12.8. The fourth-order valence-electron chi connectivity index (χ4n) is 7.13. The molecule has 0 fully saturated rings. The summed E-state index contributed by atoms with van der Waals surface area (Å²) in [4.78, 5) is 0. The van der Waals surface area contributed by atoms with Gasteiger partial charge in [0, 0.05) is 0 Å². The van der Waals surface area contributed by atoms with E-state index in [-0.39, 0.29) is 35.6 Å². The van der Waals surface area contributed by atoms with Gasteiger partial charge in [-0.2, -0.15) is 0 Å². The van der Waals surface area contributed by atoms with E-state index in [1.807, 2.05) is 3.28 Å². The molecule has 228 valence electrons. The summed E-state index contributed by atoms with van der Waals surface area (Å²) in [6, 6.07) is 26.3. The standard InChI is InChI=1S/C21H25.C10H17Si.C8H8.2ClH.Zr/c1-20(2,3)16-7-9-18-14(12-16)11-15-13-17(21(4,5)6)8-10-19(15)18;1-8-6-9(2)10(7-8)11(3,4)5;1-2-8-6-4-3-5-7-8;;;/h7-13H,1-6H3;7-8H,1-5H3;3-7H,1H3;2*1H;/q;;;;;+2/p-2. The molecule has 0 N–H and O–H groups in total. The van der Waals surface area contributed by atoms with Crippen LogP contribution in [0.2, 0.25) is 19.6 Å². The van der Waals surface area contributed by atoms with Crippen molar-refractivity contribution in [3.8, 4) is 11.1 Å². The van der Waals surface area contributed by atoms with Crippen molar-refractivity contribution in [3.63, 3.8) is 0 Å². The van der Waals surface area contributed by atoms with E-state index >= 15 is 0 Å². The largest absolute Gasteiger partial charge is 1.00 e. The van der Waals surface area contributed by atoms with E-state index < -0.39 is 29.3 Å². The van der Waals surface area contributed by atoms with Crippen molar-refractivity contribution in [3.05, 3.63) is 115 Å². The quantitative estimate of drug-likeness (QED) is 0.337. The van der Waals surface area contributed by atoms with Gasteiger partial charge in [-0.3, -0.25) is 0 Å². The first-order chi connectivity index (χ1) is 19.0. The molecule has 4 heteroatoms. The molecule has 0 aromatic heterocycles. The summed E-state index contributed by atoms with van der Waals surface area (Å²) >= 11 is -2.59. The zero-order valence-electron chi connectivity index (χ0n) is 28.3. The minimum atomic E-state index is -2.59. The molecule has 0 aliphatic heterocycles. The Bertz CT molecular complexity index is 1540. The predicted octanol–water partition coefficient (Wildman–Crippen LogP) is 4.95. The van der Waals surface area contributed by atoms with Crippen LogP contribution < -0.4 is 24.8 Å². The Labute approximate surface area is 283 Å². The van der Waals surface area contributed by atoms with Gasteiger partial charge < -0.3 is 24.8 Å². The van der Waals surface area contributed by atoms with E-state index in [0.29, 0.717) is 9.54 Å². The molecule has 3 aromatic carbocycles. The van der Waals surface area contributed by atoms with E-state index in [9.17, 15) is 0 Å². The number of fused-ring (bicyclic) bond motifs is 3. The van der Waals surface area contributed by atoms with Crippen LogP contribution in [-0.2, 0) is 32.1 Å². The molecule has 0 amide bonds. The monoisotopic (exact) mass is 706 g/mol. The Balaban J connectivity index is 0.00000253. The molecule has 0 spiro atoms. The third kappa shape index (κ3) is 6.79. The van der Waals surface area contributed by atoms with Crippen LogP contribution in [0.15, 0.2) is 86.9 Å². The van der Waals surface area contributed by atoms with E-state index in [4.69, 9.17) is 0 Å². The average Bonchev–Trinajstić information content (AvgIpc) is 3.37. The van der Waals surface area contributed by atoms with Crippen LogP contribution in [0.3, 0.4) is 0 Å². The molecule has 0 saturated carbocycles. The van der Waals surface area contributed by atoms with Crippen LogP contribution >= 0.6 is 0 Å². The Morgan fingerprint density at radius 1 is 0.721 bits per heavy atom. The first kappa shape index (κ1) is 36.2. The van der Waals surface area contributed by atoms with Crippen LogP contribution in [0.1, 0.15) is 93.8 Å². The van der Waals surface area contributed by atoms with Crippen molar-refractivity contribution in [2.75, 3.05) is 0 Å². The molecule has 2 aliphatic rings. The van der Waals surface area contributed by atoms with Crippen molar-refractivity contribution in [1.29, 1.82) is 0 Å². The number of halogens is 2. The van der Waals surface area contributed by atoms with Crippen molar-refractivity contribution < 1.29 is 46.1 Å². The van der Waals surface area contributed by atoms with E-state index in [1.165, 1.54) is 27.8 Å². The Morgan fingerprint density at radius 2 is 1.19 bits per heavy atom. The SMILES string of the molecule is CC1=[C](/[Zr+2](=[C](/C)c2ccccc2)[CH]2c3cc(C(C)(C)C)ccc3-c3ccc(C(C)(C)C)cc32)C(C)C=C1[Si](C)(C)C.[Cl-].[Cl-]. The van der Waals surface area contributed by atoms with Gasteiger partial charge in [-0.25, -0.2) is 0 Å². The Morgan fingerprint density at radius 3 is 1.58 bits per heavy atom. The fraction of sp³-hybridized carbons (Fsp3) is 0.410. The van der Waals surface area contributed by atoms with Gasteiger partial charge >= 0.3 is 261 Å². The van der Waals surface area contributed by atoms with Crippen LogP contribution in [0.4, 0.5) is 0 Å². The third-order valence-electron chi connectivity index (χ3n) is 9.43. The van der Waals surface area contributed by atoms with Gasteiger partial charge in [0.25, 0.3) is 0 Å². The summed E-state index contributed by atoms with van der Waals surface area (Å²) in [5.41, 5.74) is 12.4. The number of benzene rings is 3. The van der Waals surface area contributed by atoms with Crippen molar-refractivity contribution in [2.45, 2.75) is 96.4 Å². The number of allylic oxidation sites excluding steroid dienone is 4. The second-order valence-electron chi connectivity index (χ2n) is 15.6. The minimum Gasteiger partial charge on any atom is -1.00 e. The maximum atomic E-state index is 2.67. The van der Waals surface area contributed by atoms with E-state index in [2.05, 4.69) is 155 Å². The Hall–Kier alpha value is -1.31. The van der Waals surface area contributed by atoms with Gasteiger partial charge in [0.05, 0.1) is 0 Å². The molecule has 1 unspecified atom stereocenters. The van der Waals surface area contributed by atoms with Gasteiger partial charge in [-0.15, -0.1) is 0 Å². The van der Waals surface area contributed by atoms with Crippen LogP contribution in [0.5, 0.6) is 0 Å². The summed E-state index contributed by atoms with van der Waals surface area (Å²) in [5, 5.41) is 1.70. The molecular weight excluding hydrogens is 659 g/mol. The summed E-state index contributed by atoms with van der Waals surface area (Å²) < 4.78 is 4.00. The first-order valence-corrected chi connectivity index (χ1v) is 22.9. The predicted molar refractivity (Wildman–Crippen MR) is 181 cm³/mol. The maximum absolute atomic E-state index is 2.67. The molecule has 1 atom stereocenters. The van der Waals surface area contributed by atoms with Crippen molar-refractivity contribution >= 4 is 11.3 Å².